The highest BCUT2D eigenvalue weighted by Gasteiger charge is 1.90. The largest absolute Gasteiger partial charge is 0.393 e. The van der Waals surface area contributed by atoms with Gasteiger partial charge in [0.1, 0.15) is 0 Å². The molecule has 0 aliphatic carbocycles. The zero-order valence-electron chi connectivity index (χ0n) is 16.0. The first-order valence-electron chi connectivity index (χ1n) is 8.73. The summed E-state index contributed by atoms with van der Waals surface area (Å²) in [6, 6.07) is 0. The third-order valence-electron chi connectivity index (χ3n) is 1.94. The molecule has 0 radical (unpaired) electrons. The van der Waals surface area contributed by atoms with Gasteiger partial charge >= 0.3 is 0 Å². The number of unbranched alkanes of at least 4 members (excludes halogenated alkanes) is 2. The summed E-state index contributed by atoms with van der Waals surface area (Å²) in [6.07, 6.45) is 8.23. The van der Waals surface area contributed by atoms with Gasteiger partial charge in [0.25, 0.3) is 0 Å². The Bertz CT molecular complexity index is 60.1. The lowest BCUT2D eigenvalue weighted by atomic mass is 10.2. The van der Waals surface area contributed by atoms with Gasteiger partial charge in [-0.25, -0.2) is 0 Å². The van der Waals surface area contributed by atoms with Crippen molar-refractivity contribution in [2.24, 2.45) is 0 Å². The minimum Gasteiger partial charge on any atom is -0.393 e. The van der Waals surface area contributed by atoms with Crippen LogP contribution >= 0.6 is 0 Å². The van der Waals surface area contributed by atoms with Gasteiger partial charge in [0.2, 0.25) is 0 Å². The van der Waals surface area contributed by atoms with E-state index >= 15 is 0 Å². The van der Waals surface area contributed by atoms with Crippen LogP contribution in [-0.2, 0) is 0 Å². The van der Waals surface area contributed by atoms with E-state index in [4.69, 9.17) is 5.11 Å². The Balaban J connectivity index is -0.0000000452. The van der Waals surface area contributed by atoms with Gasteiger partial charge in [0.05, 0.1) is 6.10 Å². The monoisotopic (exact) mass is 278 g/mol. The minimum atomic E-state index is -0.0648. The summed E-state index contributed by atoms with van der Waals surface area (Å²) >= 11 is 0. The molecule has 124 valence electrons. The lowest BCUT2D eigenvalue weighted by Gasteiger charge is -1.98. The predicted octanol–water partition coefficient (Wildman–Crippen LogP) is 7.22. The van der Waals surface area contributed by atoms with Crippen LogP contribution in [0.3, 0.4) is 0 Å². The summed E-state index contributed by atoms with van der Waals surface area (Å²) in [6.45, 7) is 20.9. The molecule has 0 spiro atoms. The van der Waals surface area contributed by atoms with Crippen LogP contribution < -0.4 is 0 Å². The number of aliphatic hydroxyl groups excluding tert-OH is 1. The molecule has 0 fully saturated rings. The highest BCUT2D eigenvalue weighted by atomic mass is 16.3. The van der Waals surface area contributed by atoms with E-state index in [1.807, 2.05) is 27.7 Å². The number of rotatable bonds is 4. The Hall–Kier alpha value is -0.0400. The summed E-state index contributed by atoms with van der Waals surface area (Å²) in [7, 11) is 0. The minimum absolute atomic E-state index is 0.0648. The van der Waals surface area contributed by atoms with E-state index in [1.54, 1.807) is 0 Å². The van der Waals surface area contributed by atoms with Crippen LogP contribution in [0.2, 0.25) is 0 Å². The van der Waals surface area contributed by atoms with E-state index < -0.39 is 0 Å². The second-order valence-corrected chi connectivity index (χ2v) is 4.18. The molecule has 0 unspecified atom stereocenters. The summed E-state index contributed by atoms with van der Waals surface area (Å²) in [5, 5.41) is 8.67. The van der Waals surface area contributed by atoms with Crippen molar-refractivity contribution in [2.75, 3.05) is 0 Å². The third kappa shape index (κ3) is 129. The molecule has 0 heterocycles. The molecule has 1 heteroatoms. The van der Waals surface area contributed by atoms with Crippen molar-refractivity contribution in [3.05, 3.63) is 0 Å². The molecule has 0 atom stereocenters. The first-order valence-corrected chi connectivity index (χ1v) is 8.73. The van der Waals surface area contributed by atoms with E-state index in [-0.39, 0.29) is 6.10 Å². The summed E-state index contributed by atoms with van der Waals surface area (Å²) in [5.41, 5.74) is 0. The van der Waals surface area contributed by atoms with Gasteiger partial charge in [-0.1, -0.05) is 101 Å². The van der Waals surface area contributed by atoms with Gasteiger partial charge in [-0.15, -0.1) is 0 Å². The van der Waals surface area contributed by atoms with E-state index in [9.17, 15) is 0 Å². The van der Waals surface area contributed by atoms with Crippen LogP contribution in [0.25, 0.3) is 0 Å². The van der Waals surface area contributed by atoms with Crippen LogP contribution in [0.1, 0.15) is 114 Å². The van der Waals surface area contributed by atoms with Crippen molar-refractivity contribution in [3.63, 3.8) is 0 Å². The van der Waals surface area contributed by atoms with Crippen molar-refractivity contribution in [1.82, 2.24) is 0 Å². The highest BCUT2D eigenvalue weighted by Crippen LogP contribution is 1.92. The van der Waals surface area contributed by atoms with Crippen molar-refractivity contribution in [2.45, 2.75) is 120 Å². The first kappa shape index (κ1) is 31.4. The van der Waals surface area contributed by atoms with Gasteiger partial charge in [-0.05, 0) is 12.8 Å². The second kappa shape index (κ2) is 52.1. The highest BCUT2D eigenvalue weighted by molar-refractivity contribution is 4.43. The molecule has 1 N–H and O–H groups in total. The fraction of sp³-hybridized carbons (Fsp3) is 1.00. The second-order valence-electron chi connectivity index (χ2n) is 4.18. The standard InChI is InChI=1S/C5H12O.2C4H10.C3H8.C2H6/c1-3-5(6)4-2;2*1-3-4-2;1-3-2;1-2/h5-6H,3-4H2,1-2H3;2*3-4H2,1-2H3;3H2,1-2H3;1-2H3. The number of aliphatic hydroxyl groups is 1. The Morgan fingerprint density at radius 3 is 0.737 bits per heavy atom. The topological polar surface area (TPSA) is 20.2 Å². The quantitative estimate of drug-likeness (QED) is 0.575. The summed E-state index contributed by atoms with van der Waals surface area (Å²) in [4.78, 5) is 0. The van der Waals surface area contributed by atoms with Crippen LogP contribution in [0.4, 0.5) is 0 Å². The zero-order valence-corrected chi connectivity index (χ0v) is 16.0. The molecule has 1 nitrogen and oxygen atoms in total. The molecule has 0 bridgehead atoms. The molecule has 0 saturated heterocycles. The van der Waals surface area contributed by atoms with Crippen molar-refractivity contribution in [1.29, 1.82) is 0 Å². The average Bonchev–Trinajstić information content (AvgIpc) is 2.49. The van der Waals surface area contributed by atoms with Crippen molar-refractivity contribution < 1.29 is 5.11 Å². The molecule has 0 aliphatic rings. The molecule has 0 aliphatic heterocycles. The lowest BCUT2D eigenvalue weighted by molar-refractivity contribution is 0.166. The zero-order chi connectivity index (χ0) is 16.5. The van der Waals surface area contributed by atoms with E-state index in [0.717, 1.165) is 12.8 Å². The SMILES string of the molecule is CC.CCC.CCC(O)CC.CCCC.CCCC. The lowest BCUT2D eigenvalue weighted by Crippen LogP contribution is -1.99. The third-order valence-corrected chi connectivity index (χ3v) is 1.94. The van der Waals surface area contributed by atoms with Crippen LogP contribution in [0, 0.1) is 0 Å². The normalized spacial score (nSPS) is 7.58. The van der Waals surface area contributed by atoms with E-state index in [1.165, 1.54) is 32.1 Å². The number of hydrogen-bond donors (Lipinski definition) is 1. The van der Waals surface area contributed by atoms with Gasteiger partial charge in [-0.3, -0.25) is 0 Å². The fourth-order valence-corrected chi connectivity index (χ4v) is 0.289. The van der Waals surface area contributed by atoms with Crippen molar-refractivity contribution in [3.8, 4) is 0 Å². The average molecular weight is 279 g/mol. The molecule has 0 rings (SSSR count). The molecule has 0 saturated carbocycles. The van der Waals surface area contributed by atoms with Crippen LogP contribution in [0.5, 0.6) is 0 Å². The van der Waals surface area contributed by atoms with E-state index in [0.29, 0.717) is 0 Å². The first-order chi connectivity index (χ1) is 9.05. The molecule has 0 amide bonds. The fourth-order valence-electron chi connectivity index (χ4n) is 0.289. The molecular formula is C18H46O. The Kier molecular flexibility index (Phi) is 86.0. The molecule has 0 aromatic carbocycles. The Labute approximate surface area is 126 Å². The maximum absolute atomic E-state index is 8.67. The molecule has 0 aromatic heterocycles. The maximum Gasteiger partial charge on any atom is 0.0535 e. The Morgan fingerprint density at radius 2 is 0.737 bits per heavy atom. The van der Waals surface area contributed by atoms with Gasteiger partial charge in [0, 0.05) is 0 Å². The van der Waals surface area contributed by atoms with Gasteiger partial charge in [0.15, 0.2) is 0 Å². The maximum atomic E-state index is 8.67. The van der Waals surface area contributed by atoms with Gasteiger partial charge in [-0.2, -0.15) is 0 Å². The number of hydrogen-bond acceptors (Lipinski definition) is 1. The molecule has 19 heavy (non-hydrogen) atoms. The molecular weight excluding hydrogens is 232 g/mol. The van der Waals surface area contributed by atoms with Crippen LogP contribution in [-0.4, -0.2) is 11.2 Å². The summed E-state index contributed by atoms with van der Waals surface area (Å²) in [5.74, 6) is 0. The van der Waals surface area contributed by atoms with Crippen molar-refractivity contribution >= 4 is 0 Å². The Morgan fingerprint density at radius 1 is 0.579 bits per heavy atom. The predicted molar refractivity (Wildman–Crippen MR) is 95.1 cm³/mol. The van der Waals surface area contributed by atoms with Crippen LogP contribution in [0.15, 0.2) is 0 Å². The summed E-state index contributed by atoms with van der Waals surface area (Å²) < 4.78 is 0. The smallest absolute Gasteiger partial charge is 0.0535 e. The van der Waals surface area contributed by atoms with E-state index in [2.05, 4.69) is 41.5 Å². The van der Waals surface area contributed by atoms with Gasteiger partial charge < -0.3 is 5.11 Å². The molecule has 0 aromatic rings.